The Labute approximate surface area is 174 Å². The molecule has 2 unspecified atom stereocenters. The number of hydrogen-bond acceptors (Lipinski definition) is 5. The molecule has 0 radical (unpaired) electrons. The van der Waals surface area contributed by atoms with Gasteiger partial charge in [-0.2, -0.15) is 5.26 Å². The fourth-order valence-electron chi connectivity index (χ4n) is 3.43. The van der Waals surface area contributed by atoms with E-state index in [1.165, 1.54) is 18.2 Å². The summed E-state index contributed by atoms with van der Waals surface area (Å²) in [4.78, 5) is 31.8. The van der Waals surface area contributed by atoms with Crippen molar-refractivity contribution in [2.75, 3.05) is 14.2 Å². The zero-order chi connectivity index (χ0) is 21.1. The summed E-state index contributed by atoms with van der Waals surface area (Å²) >= 11 is 6.44. The minimum Gasteiger partial charge on any atom is -0.496 e. The summed E-state index contributed by atoms with van der Waals surface area (Å²) in [6, 6.07) is 7.95. The number of ketones is 1. The summed E-state index contributed by atoms with van der Waals surface area (Å²) in [5.41, 5.74) is 2.05. The number of pyridine rings is 1. The van der Waals surface area contributed by atoms with E-state index in [2.05, 4.69) is 16.8 Å². The van der Waals surface area contributed by atoms with Crippen LogP contribution in [0.25, 0.3) is 0 Å². The molecule has 7 heteroatoms. The van der Waals surface area contributed by atoms with Crippen molar-refractivity contribution in [2.24, 2.45) is 0 Å². The number of halogens is 1. The van der Waals surface area contributed by atoms with Crippen LogP contribution in [0.5, 0.6) is 5.75 Å². The number of ether oxygens (including phenoxy) is 1. The second kappa shape index (κ2) is 8.34. The number of hydrogen-bond donors (Lipinski definition) is 0. The monoisotopic (exact) mass is 407 g/mol. The van der Waals surface area contributed by atoms with Gasteiger partial charge in [0.1, 0.15) is 17.7 Å². The van der Waals surface area contributed by atoms with E-state index >= 15 is 0 Å². The maximum atomic E-state index is 13.2. The molecule has 0 N–H and O–H groups in total. The highest BCUT2D eigenvalue weighted by atomic mass is 35.5. The number of benzene rings is 1. The molecule has 1 aliphatic rings. The molecule has 0 saturated carbocycles. The largest absolute Gasteiger partial charge is 0.496 e. The number of aromatic nitrogens is 1. The van der Waals surface area contributed by atoms with Gasteiger partial charge in [0.15, 0.2) is 5.78 Å². The quantitative estimate of drug-likeness (QED) is 0.574. The summed E-state index contributed by atoms with van der Waals surface area (Å²) in [6.45, 7) is 1.70. The molecule has 1 amide bonds. The molecule has 1 aliphatic heterocycles. The van der Waals surface area contributed by atoms with Gasteiger partial charge in [-0.05, 0) is 31.2 Å². The number of likely N-dealkylation sites (N-methyl/N-ethyl adjacent to an activating group) is 1. The van der Waals surface area contributed by atoms with E-state index in [4.69, 9.17) is 21.6 Å². The lowest BCUT2D eigenvalue weighted by Crippen LogP contribution is -2.33. The van der Waals surface area contributed by atoms with Crippen molar-refractivity contribution in [3.63, 3.8) is 0 Å². The van der Waals surface area contributed by atoms with E-state index in [0.717, 1.165) is 0 Å². The predicted octanol–water partition coefficient (Wildman–Crippen LogP) is 2.72. The number of Topliss-reactive ketones (excluding diaryl/α,β-unsaturated/α-hetero) is 1. The van der Waals surface area contributed by atoms with Gasteiger partial charge in [-0.15, -0.1) is 5.92 Å². The van der Waals surface area contributed by atoms with Crippen LogP contribution in [-0.4, -0.2) is 41.8 Å². The van der Waals surface area contributed by atoms with Crippen molar-refractivity contribution in [3.8, 4) is 23.7 Å². The summed E-state index contributed by atoms with van der Waals surface area (Å²) in [5.74, 6) is 4.38. The van der Waals surface area contributed by atoms with Crippen LogP contribution in [-0.2, 0) is 16.0 Å². The van der Waals surface area contributed by atoms with Crippen LogP contribution in [0, 0.1) is 23.2 Å². The number of nitriles is 1. The topological polar surface area (TPSA) is 83.3 Å². The van der Waals surface area contributed by atoms with Crippen LogP contribution in [0.3, 0.4) is 0 Å². The highest BCUT2D eigenvalue weighted by Gasteiger charge is 2.48. The van der Waals surface area contributed by atoms with Gasteiger partial charge in [-0.25, -0.2) is 0 Å². The van der Waals surface area contributed by atoms with Gasteiger partial charge >= 0.3 is 0 Å². The predicted molar refractivity (Wildman–Crippen MR) is 108 cm³/mol. The first kappa shape index (κ1) is 20.4. The van der Waals surface area contributed by atoms with Crippen molar-refractivity contribution in [2.45, 2.75) is 25.3 Å². The second-order valence-electron chi connectivity index (χ2n) is 6.60. The molecular formula is C22H18ClN3O3. The van der Waals surface area contributed by atoms with Crippen molar-refractivity contribution >= 4 is 23.3 Å². The average molecular weight is 408 g/mol. The van der Waals surface area contributed by atoms with Crippen molar-refractivity contribution in [3.05, 3.63) is 57.9 Å². The lowest BCUT2D eigenvalue weighted by molar-refractivity contribution is -0.129. The Hall–Kier alpha value is -3.35. The zero-order valence-corrected chi connectivity index (χ0v) is 16.9. The van der Waals surface area contributed by atoms with E-state index in [9.17, 15) is 9.59 Å². The first-order valence-electron chi connectivity index (χ1n) is 8.86. The van der Waals surface area contributed by atoms with Crippen LogP contribution in [0.4, 0.5) is 0 Å². The smallest absolute Gasteiger partial charge is 0.238 e. The molecular weight excluding hydrogens is 390 g/mol. The van der Waals surface area contributed by atoms with Gasteiger partial charge in [0.05, 0.1) is 18.7 Å². The Morgan fingerprint density at radius 3 is 2.62 bits per heavy atom. The highest BCUT2D eigenvalue weighted by molar-refractivity contribution is 6.33. The Morgan fingerprint density at radius 2 is 2.03 bits per heavy atom. The molecule has 1 aromatic heterocycles. The number of methoxy groups -OCH3 is 1. The Bertz CT molecular complexity index is 1080. The number of nitrogens with zero attached hydrogens (tertiary/aromatic N) is 3. The summed E-state index contributed by atoms with van der Waals surface area (Å²) < 4.78 is 5.42. The summed E-state index contributed by atoms with van der Waals surface area (Å²) in [7, 11) is 3.05. The second-order valence-corrected chi connectivity index (χ2v) is 7.01. The molecule has 0 aliphatic carbocycles. The highest BCUT2D eigenvalue weighted by Crippen LogP contribution is 2.40. The van der Waals surface area contributed by atoms with Gasteiger partial charge < -0.3 is 9.64 Å². The number of likely N-dealkylation sites (tertiary alicyclic amines) is 1. The lowest BCUT2D eigenvalue weighted by atomic mass is 9.91. The third-order valence-corrected chi connectivity index (χ3v) is 5.21. The van der Waals surface area contributed by atoms with Gasteiger partial charge in [-0.3, -0.25) is 14.6 Å². The third-order valence-electron chi connectivity index (χ3n) is 4.90. The molecule has 0 spiro atoms. The molecule has 3 rings (SSSR count). The maximum absolute atomic E-state index is 13.2. The SMILES string of the molecule is CC#Cc1cc(Cl)c(C2C(=O)C(Cc3ccc(C#N)cn3)N(C)C2=O)c(OC)c1. The van der Waals surface area contributed by atoms with Crippen LogP contribution in [0.2, 0.25) is 5.02 Å². The first-order chi connectivity index (χ1) is 13.9. The Morgan fingerprint density at radius 1 is 1.28 bits per heavy atom. The van der Waals surface area contributed by atoms with E-state index in [-0.39, 0.29) is 23.1 Å². The van der Waals surface area contributed by atoms with Gasteiger partial charge in [-0.1, -0.05) is 17.5 Å². The van der Waals surface area contributed by atoms with E-state index in [1.807, 2.05) is 6.07 Å². The molecule has 0 bridgehead atoms. The molecule has 1 fully saturated rings. The number of rotatable bonds is 4. The Balaban J connectivity index is 1.97. The summed E-state index contributed by atoms with van der Waals surface area (Å²) in [6.07, 6.45) is 1.70. The molecule has 146 valence electrons. The van der Waals surface area contributed by atoms with Gasteiger partial charge in [0.2, 0.25) is 5.91 Å². The van der Waals surface area contributed by atoms with Crippen molar-refractivity contribution < 1.29 is 14.3 Å². The average Bonchev–Trinajstić information content (AvgIpc) is 2.92. The van der Waals surface area contributed by atoms with Gasteiger partial charge in [0.25, 0.3) is 0 Å². The number of carbonyl (C=O) groups is 2. The Kier molecular flexibility index (Phi) is 5.87. The lowest BCUT2D eigenvalue weighted by Gasteiger charge is -2.17. The normalized spacial score (nSPS) is 18.2. The number of carbonyl (C=O) groups excluding carboxylic acids is 2. The third kappa shape index (κ3) is 3.81. The number of amides is 1. The van der Waals surface area contributed by atoms with Crippen LogP contribution >= 0.6 is 11.6 Å². The maximum Gasteiger partial charge on any atom is 0.238 e. The first-order valence-corrected chi connectivity index (χ1v) is 9.24. The van der Waals surface area contributed by atoms with Crippen LogP contribution in [0.1, 0.15) is 35.2 Å². The van der Waals surface area contributed by atoms with E-state index < -0.39 is 12.0 Å². The minimum atomic E-state index is -1.05. The molecule has 6 nitrogen and oxygen atoms in total. The fraction of sp³-hybridized carbons (Fsp3) is 0.273. The summed E-state index contributed by atoms with van der Waals surface area (Å²) in [5, 5.41) is 9.15. The molecule has 1 aromatic carbocycles. The molecule has 29 heavy (non-hydrogen) atoms. The minimum absolute atomic E-state index is 0.253. The van der Waals surface area contributed by atoms with Crippen molar-refractivity contribution in [1.82, 2.24) is 9.88 Å². The zero-order valence-electron chi connectivity index (χ0n) is 16.2. The molecule has 1 saturated heterocycles. The standard InChI is InChI=1S/C22H18ClN3O3/c1-4-5-13-8-16(23)19(18(9-13)29-3)20-21(27)17(26(2)22(20)28)10-15-7-6-14(11-24)12-25-15/h6-9,12,17,20H,10H2,1-3H3. The van der Waals surface area contributed by atoms with Crippen LogP contribution < -0.4 is 4.74 Å². The van der Waals surface area contributed by atoms with Gasteiger partial charge in [0, 0.05) is 41.5 Å². The van der Waals surface area contributed by atoms with Crippen LogP contribution in [0.15, 0.2) is 30.5 Å². The van der Waals surface area contributed by atoms with E-state index in [1.54, 1.807) is 38.2 Å². The molecule has 2 atom stereocenters. The fourth-order valence-corrected chi connectivity index (χ4v) is 3.75. The van der Waals surface area contributed by atoms with E-state index in [0.29, 0.717) is 28.1 Å². The molecule has 2 heterocycles. The molecule has 2 aromatic rings. The van der Waals surface area contributed by atoms with Crippen molar-refractivity contribution in [1.29, 1.82) is 5.26 Å².